The second-order valence-electron chi connectivity index (χ2n) is 9.92. The van der Waals surface area contributed by atoms with Gasteiger partial charge in [-0.15, -0.1) is 21.5 Å². The Morgan fingerprint density at radius 3 is 2.60 bits per heavy atom. The number of nitro groups is 1. The van der Waals surface area contributed by atoms with Gasteiger partial charge in [0.2, 0.25) is 5.91 Å². The topological polar surface area (TPSA) is 168 Å². The number of thiophene rings is 1. The Bertz CT molecular complexity index is 1750. The predicted octanol–water partition coefficient (Wildman–Crippen LogP) is 4.96. The number of aromatic nitrogens is 3. The molecule has 0 saturated heterocycles. The molecule has 2 aromatic carbocycles. The van der Waals surface area contributed by atoms with Crippen molar-refractivity contribution in [1.29, 1.82) is 0 Å². The van der Waals surface area contributed by atoms with Gasteiger partial charge < -0.3 is 20.1 Å². The average Bonchev–Trinajstić information content (AvgIpc) is 3.74. The van der Waals surface area contributed by atoms with Crippen molar-refractivity contribution in [2.24, 2.45) is 0 Å². The molecule has 2 amide bonds. The highest BCUT2D eigenvalue weighted by Crippen LogP contribution is 2.40. The summed E-state index contributed by atoms with van der Waals surface area (Å²) in [6, 6.07) is 12.6. The smallest absolute Gasteiger partial charge is 0.341 e. The number of esters is 1. The molecule has 0 fully saturated rings. The van der Waals surface area contributed by atoms with Gasteiger partial charge in [-0.25, -0.2) is 4.79 Å². The van der Waals surface area contributed by atoms with Crippen molar-refractivity contribution < 1.29 is 28.8 Å². The number of para-hydroxylation sites is 1. The van der Waals surface area contributed by atoms with Crippen molar-refractivity contribution in [3.05, 3.63) is 86.0 Å². The Morgan fingerprint density at radius 1 is 1.13 bits per heavy atom. The highest BCUT2D eigenvalue weighted by Gasteiger charge is 2.30. The van der Waals surface area contributed by atoms with Gasteiger partial charge >= 0.3 is 5.97 Å². The van der Waals surface area contributed by atoms with Gasteiger partial charge in [0.05, 0.1) is 41.6 Å². The van der Waals surface area contributed by atoms with Gasteiger partial charge in [-0.1, -0.05) is 23.9 Å². The van der Waals surface area contributed by atoms with Crippen molar-refractivity contribution in [3.8, 4) is 11.4 Å². The number of aryl methyl sites for hydroxylation is 1. The Hall–Kier alpha value is -4.76. The number of anilines is 1. The van der Waals surface area contributed by atoms with Crippen LogP contribution in [-0.4, -0.2) is 56.4 Å². The molecule has 15 heteroatoms. The normalized spacial score (nSPS) is 12.7. The lowest BCUT2D eigenvalue weighted by atomic mass is 10.1. The second kappa shape index (κ2) is 13.9. The number of amides is 2. The number of carbonyl (C=O) groups excluding carboxylic acids is 3. The number of nitrogens with zero attached hydrogens (tertiary/aromatic N) is 4. The van der Waals surface area contributed by atoms with Crippen LogP contribution in [0, 0.1) is 10.1 Å². The Morgan fingerprint density at radius 2 is 1.89 bits per heavy atom. The molecule has 0 saturated carbocycles. The minimum atomic E-state index is -0.686. The zero-order valence-electron chi connectivity index (χ0n) is 24.7. The predicted molar refractivity (Wildman–Crippen MR) is 168 cm³/mol. The van der Waals surface area contributed by atoms with Gasteiger partial charge in [-0.2, -0.15) is 0 Å². The summed E-state index contributed by atoms with van der Waals surface area (Å²) in [5, 5.41) is 25.6. The van der Waals surface area contributed by atoms with Crippen LogP contribution in [0.25, 0.3) is 5.69 Å². The minimum Gasteiger partial charge on any atom is -0.496 e. The molecule has 2 N–H and O–H groups in total. The molecule has 1 aliphatic rings. The molecule has 1 aliphatic carbocycles. The van der Waals surface area contributed by atoms with Crippen LogP contribution in [0.1, 0.15) is 57.2 Å². The van der Waals surface area contributed by atoms with Crippen molar-refractivity contribution in [1.82, 2.24) is 20.1 Å². The van der Waals surface area contributed by atoms with Crippen LogP contribution in [0.5, 0.6) is 5.75 Å². The molecule has 1 unspecified atom stereocenters. The number of rotatable bonds is 12. The van der Waals surface area contributed by atoms with E-state index in [0.29, 0.717) is 38.5 Å². The summed E-state index contributed by atoms with van der Waals surface area (Å²) in [6.45, 7) is 3.62. The molecule has 45 heavy (non-hydrogen) atoms. The van der Waals surface area contributed by atoms with E-state index >= 15 is 0 Å². The van der Waals surface area contributed by atoms with Crippen molar-refractivity contribution in [2.45, 2.75) is 50.1 Å². The third-order valence-electron chi connectivity index (χ3n) is 7.07. The number of benzene rings is 2. The summed E-state index contributed by atoms with van der Waals surface area (Å²) in [4.78, 5) is 51.0. The Kier molecular flexibility index (Phi) is 9.78. The summed E-state index contributed by atoms with van der Waals surface area (Å²) >= 11 is 2.51. The van der Waals surface area contributed by atoms with Crippen LogP contribution in [0.2, 0.25) is 0 Å². The van der Waals surface area contributed by atoms with Crippen molar-refractivity contribution >= 4 is 51.6 Å². The first-order valence-corrected chi connectivity index (χ1v) is 15.8. The third kappa shape index (κ3) is 6.83. The van der Waals surface area contributed by atoms with E-state index in [1.807, 2.05) is 0 Å². The molecule has 0 aliphatic heterocycles. The fraction of sp³-hybridized carbons (Fsp3) is 0.300. The number of ether oxygens (including phenoxy) is 2. The summed E-state index contributed by atoms with van der Waals surface area (Å²) < 4.78 is 12.2. The summed E-state index contributed by atoms with van der Waals surface area (Å²) in [6.07, 6.45) is 2.56. The number of non-ortho nitro benzene ring substituents is 1. The molecular weight excluding hydrogens is 620 g/mol. The zero-order valence-corrected chi connectivity index (χ0v) is 26.3. The molecule has 0 bridgehead atoms. The van der Waals surface area contributed by atoms with Crippen LogP contribution >= 0.6 is 23.1 Å². The maximum Gasteiger partial charge on any atom is 0.341 e. The van der Waals surface area contributed by atoms with E-state index in [4.69, 9.17) is 9.47 Å². The molecule has 13 nitrogen and oxygen atoms in total. The van der Waals surface area contributed by atoms with Crippen LogP contribution in [0.15, 0.2) is 53.7 Å². The lowest BCUT2D eigenvalue weighted by Crippen LogP contribution is -2.25. The van der Waals surface area contributed by atoms with Gasteiger partial charge in [0.15, 0.2) is 11.0 Å². The number of hydrogen-bond donors (Lipinski definition) is 2. The largest absolute Gasteiger partial charge is 0.496 e. The van der Waals surface area contributed by atoms with Crippen molar-refractivity contribution in [2.75, 3.05) is 19.0 Å². The van der Waals surface area contributed by atoms with Gasteiger partial charge in [-0.05, 0) is 62.9 Å². The number of methoxy groups -OCH3 is 1. The first-order valence-electron chi connectivity index (χ1n) is 14.1. The Balaban J connectivity index is 1.39. The van der Waals surface area contributed by atoms with Gasteiger partial charge in [0.1, 0.15) is 10.8 Å². The summed E-state index contributed by atoms with van der Waals surface area (Å²) in [5.41, 5.74) is 2.10. The van der Waals surface area contributed by atoms with E-state index in [-0.39, 0.29) is 24.7 Å². The maximum absolute atomic E-state index is 13.4. The van der Waals surface area contributed by atoms with Gasteiger partial charge in [0, 0.05) is 22.7 Å². The molecule has 0 spiro atoms. The third-order valence-corrected chi connectivity index (χ3v) is 9.32. The number of carbonyl (C=O) groups is 3. The maximum atomic E-state index is 13.4. The van der Waals surface area contributed by atoms with Crippen LogP contribution < -0.4 is 15.4 Å². The number of hydrogen-bond acceptors (Lipinski definition) is 11. The van der Waals surface area contributed by atoms with Gasteiger partial charge in [0.25, 0.3) is 11.6 Å². The van der Waals surface area contributed by atoms with E-state index < -0.39 is 22.0 Å². The standard InChI is InChI=1S/C30H30N6O7S2/c1-4-43-29(39)25-21-9-7-11-23(21)45-28(25)32-26(37)17(2)44-30-34-33-24(35(30)18-12-14-19(15-13-18)36(40)41)16-31-27(38)20-8-5-6-10-22(20)42-3/h5-6,8,10,12-15,17H,4,7,9,11,16H2,1-3H3,(H,31,38)(H,32,37). The fourth-order valence-corrected chi connectivity index (χ4v) is 7.06. The monoisotopic (exact) mass is 650 g/mol. The number of fused-ring (bicyclic) bond motifs is 1. The average molecular weight is 651 g/mol. The highest BCUT2D eigenvalue weighted by molar-refractivity contribution is 8.00. The molecular formula is C30H30N6O7S2. The van der Waals surface area contributed by atoms with E-state index in [0.717, 1.165) is 41.5 Å². The first kappa shape index (κ1) is 31.7. The number of nitrogens with one attached hydrogen (secondary N) is 2. The Labute approximate surface area is 266 Å². The van der Waals surface area contributed by atoms with E-state index in [1.165, 1.54) is 30.6 Å². The molecule has 2 aromatic heterocycles. The second-order valence-corrected chi connectivity index (χ2v) is 12.3. The minimum absolute atomic E-state index is 0.0361. The SMILES string of the molecule is CCOC(=O)c1c(NC(=O)C(C)Sc2nnc(CNC(=O)c3ccccc3OC)n2-c2ccc([N+](=O)[O-])cc2)sc2c1CCC2. The molecule has 0 radical (unpaired) electrons. The zero-order chi connectivity index (χ0) is 32.1. The first-order chi connectivity index (χ1) is 21.7. The number of nitro benzene ring substituents is 1. The van der Waals surface area contributed by atoms with Crippen LogP contribution in [0.3, 0.4) is 0 Å². The lowest BCUT2D eigenvalue weighted by Gasteiger charge is -2.15. The van der Waals surface area contributed by atoms with E-state index in [1.54, 1.807) is 54.8 Å². The molecule has 2 heterocycles. The lowest BCUT2D eigenvalue weighted by molar-refractivity contribution is -0.384. The van der Waals surface area contributed by atoms with Crippen LogP contribution in [-0.2, 0) is 28.9 Å². The van der Waals surface area contributed by atoms with Crippen molar-refractivity contribution in [3.63, 3.8) is 0 Å². The fourth-order valence-electron chi connectivity index (χ4n) is 4.90. The molecule has 5 rings (SSSR count). The molecule has 234 valence electrons. The number of thioether (sulfide) groups is 1. The van der Waals surface area contributed by atoms with Crippen LogP contribution in [0.4, 0.5) is 10.7 Å². The van der Waals surface area contributed by atoms with Gasteiger partial charge in [-0.3, -0.25) is 24.3 Å². The summed E-state index contributed by atoms with van der Waals surface area (Å²) in [7, 11) is 1.47. The van der Waals surface area contributed by atoms with E-state index in [2.05, 4.69) is 20.8 Å². The molecule has 1 atom stereocenters. The molecule has 4 aromatic rings. The quantitative estimate of drug-likeness (QED) is 0.0926. The highest BCUT2D eigenvalue weighted by atomic mass is 32.2. The summed E-state index contributed by atoms with van der Waals surface area (Å²) in [5.74, 6) is -0.459. The van der Waals surface area contributed by atoms with E-state index in [9.17, 15) is 24.5 Å².